The van der Waals surface area contributed by atoms with Crippen LogP contribution in [0.3, 0.4) is 0 Å². The highest BCUT2D eigenvalue weighted by molar-refractivity contribution is 5.81. The lowest BCUT2D eigenvalue weighted by atomic mass is 9.99. The van der Waals surface area contributed by atoms with Crippen LogP contribution in [0, 0.1) is 5.92 Å². The number of carbonyl (C=O) groups is 1. The summed E-state index contributed by atoms with van der Waals surface area (Å²) in [5, 5.41) is 2.92. The van der Waals surface area contributed by atoms with Crippen LogP contribution in [-0.2, 0) is 18.3 Å². The van der Waals surface area contributed by atoms with Crippen molar-refractivity contribution in [2.75, 3.05) is 6.54 Å². The number of rotatable bonds is 7. The summed E-state index contributed by atoms with van der Waals surface area (Å²) in [6.45, 7) is 4.68. The summed E-state index contributed by atoms with van der Waals surface area (Å²) >= 11 is 0. The molecule has 0 saturated carbocycles. The van der Waals surface area contributed by atoms with Crippen LogP contribution in [0.4, 0.5) is 0 Å². The number of fused-ring (bicyclic) bond motifs is 1. The van der Waals surface area contributed by atoms with Crippen molar-refractivity contribution in [2.24, 2.45) is 18.7 Å². The lowest BCUT2D eigenvalue weighted by Crippen LogP contribution is -2.44. The van der Waals surface area contributed by atoms with Crippen LogP contribution in [-0.4, -0.2) is 28.0 Å². The van der Waals surface area contributed by atoms with E-state index in [-0.39, 0.29) is 11.8 Å². The zero-order valence-corrected chi connectivity index (χ0v) is 13.7. The van der Waals surface area contributed by atoms with Gasteiger partial charge in [0.2, 0.25) is 5.91 Å². The maximum atomic E-state index is 11.9. The molecule has 0 saturated heterocycles. The zero-order chi connectivity index (χ0) is 16.1. The highest BCUT2D eigenvalue weighted by atomic mass is 16.2. The van der Waals surface area contributed by atoms with Gasteiger partial charge in [-0.1, -0.05) is 32.4 Å². The fraction of sp³-hybridized carbons (Fsp3) is 0.529. The number of aryl methyl sites for hydroxylation is 2. The van der Waals surface area contributed by atoms with Crippen molar-refractivity contribution in [1.82, 2.24) is 14.9 Å². The minimum atomic E-state index is -0.416. The predicted octanol–water partition coefficient (Wildman–Crippen LogP) is 2.00. The Bertz CT molecular complexity index is 635. The molecular weight excluding hydrogens is 276 g/mol. The summed E-state index contributed by atoms with van der Waals surface area (Å²) in [6, 6.07) is 7.69. The van der Waals surface area contributed by atoms with E-state index in [1.54, 1.807) is 0 Å². The number of hydrogen-bond donors (Lipinski definition) is 2. The van der Waals surface area contributed by atoms with Gasteiger partial charge in [-0.25, -0.2) is 4.98 Å². The molecule has 120 valence electrons. The fourth-order valence-corrected chi connectivity index (χ4v) is 2.51. The molecule has 22 heavy (non-hydrogen) atoms. The Balaban J connectivity index is 1.83. The molecule has 0 aliphatic carbocycles. The van der Waals surface area contributed by atoms with Crippen molar-refractivity contribution in [3.8, 4) is 0 Å². The van der Waals surface area contributed by atoms with Gasteiger partial charge in [-0.15, -0.1) is 0 Å². The molecule has 2 aromatic rings. The third-order valence-corrected chi connectivity index (χ3v) is 4.32. The summed E-state index contributed by atoms with van der Waals surface area (Å²) in [5.74, 6) is 1.20. The number of nitrogens with zero attached hydrogens (tertiary/aromatic N) is 2. The first-order chi connectivity index (χ1) is 10.5. The molecule has 1 heterocycles. The van der Waals surface area contributed by atoms with E-state index in [0.717, 1.165) is 36.1 Å². The van der Waals surface area contributed by atoms with Crippen LogP contribution in [0.1, 0.15) is 32.5 Å². The van der Waals surface area contributed by atoms with Crippen molar-refractivity contribution in [2.45, 2.75) is 39.2 Å². The highest BCUT2D eigenvalue weighted by Gasteiger charge is 2.18. The second-order valence-corrected chi connectivity index (χ2v) is 5.88. The van der Waals surface area contributed by atoms with Crippen LogP contribution in [0.5, 0.6) is 0 Å². The number of amides is 1. The molecule has 2 unspecified atom stereocenters. The minimum Gasteiger partial charge on any atom is -0.355 e. The summed E-state index contributed by atoms with van der Waals surface area (Å²) in [5.41, 5.74) is 8.07. The van der Waals surface area contributed by atoms with Crippen molar-refractivity contribution >= 4 is 16.9 Å². The van der Waals surface area contributed by atoms with Crippen molar-refractivity contribution in [3.63, 3.8) is 0 Å². The molecular formula is C17H26N4O. The topological polar surface area (TPSA) is 72.9 Å². The van der Waals surface area contributed by atoms with Gasteiger partial charge in [0, 0.05) is 20.0 Å². The molecule has 0 aliphatic heterocycles. The molecule has 2 rings (SSSR count). The lowest BCUT2D eigenvalue weighted by Gasteiger charge is -2.17. The molecule has 0 radical (unpaired) electrons. The van der Waals surface area contributed by atoms with Crippen molar-refractivity contribution < 1.29 is 4.79 Å². The number of para-hydroxylation sites is 2. The van der Waals surface area contributed by atoms with E-state index in [1.165, 1.54) is 0 Å². The standard InChI is InChI=1S/C17H26N4O/c1-4-12(2)16(18)17(22)19-11-7-10-15-20-13-8-5-6-9-14(13)21(15)3/h5-6,8-9,12,16H,4,7,10-11,18H2,1-3H3,(H,19,22). The van der Waals surface area contributed by atoms with Gasteiger partial charge in [0.15, 0.2) is 0 Å². The molecule has 1 aromatic heterocycles. The average Bonchev–Trinajstić information content (AvgIpc) is 2.86. The maximum Gasteiger partial charge on any atom is 0.237 e. The molecule has 0 fully saturated rings. The van der Waals surface area contributed by atoms with E-state index in [4.69, 9.17) is 5.73 Å². The van der Waals surface area contributed by atoms with Crippen molar-refractivity contribution in [1.29, 1.82) is 0 Å². The van der Waals surface area contributed by atoms with Crippen LogP contribution in [0.2, 0.25) is 0 Å². The van der Waals surface area contributed by atoms with Gasteiger partial charge in [0.25, 0.3) is 0 Å². The first kappa shape index (κ1) is 16.5. The number of nitrogens with one attached hydrogen (secondary N) is 1. The Kier molecular flexibility index (Phi) is 5.55. The maximum absolute atomic E-state index is 11.9. The van der Waals surface area contributed by atoms with Gasteiger partial charge in [-0.3, -0.25) is 4.79 Å². The van der Waals surface area contributed by atoms with E-state index in [2.05, 4.69) is 20.9 Å². The highest BCUT2D eigenvalue weighted by Crippen LogP contribution is 2.15. The van der Waals surface area contributed by atoms with E-state index in [1.807, 2.05) is 39.1 Å². The summed E-state index contributed by atoms with van der Waals surface area (Å²) in [7, 11) is 2.03. The summed E-state index contributed by atoms with van der Waals surface area (Å²) in [6.07, 6.45) is 2.61. The summed E-state index contributed by atoms with van der Waals surface area (Å²) < 4.78 is 2.11. The van der Waals surface area contributed by atoms with E-state index >= 15 is 0 Å². The Labute approximate surface area is 131 Å². The Morgan fingerprint density at radius 1 is 1.41 bits per heavy atom. The van der Waals surface area contributed by atoms with Gasteiger partial charge in [0.1, 0.15) is 5.82 Å². The largest absolute Gasteiger partial charge is 0.355 e. The fourth-order valence-electron chi connectivity index (χ4n) is 2.51. The normalized spacial score (nSPS) is 14.0. The van der Waals surface area contributed by atoms with E-state index in [9.17, 15) is 4.79 Å². The molecule has 0 spiro atoms. The first-order valence-electron chi connectivity index (χ1n) is 7.98. The van der Waals surface area contributed by atoms with E-state index in [0.29, 0.717) is 6.54 Å². The molecule has 3 N–H and O–H groups in total. The second kappa shape index (κ2) is 7.40. The predicted molar refractivity (Wildman–Crippen MR) is 89.5 cm³/mol. The first-order valence-corrected chi connectivity index (χ1v) is 7.98. The lowest BCUT2D eigenvalue weighted by molar-refractivity contribution is -0.123. The molecule has 0 bridgehead atoms. The average molecular weight is 302 g/mol. The van der Waals surface area contributed by atoms with Crippen LogP contribution in [0.15, 0.2) is 24.3 Å². The summed E-state index contributed by atoms with van der Waals surface area (Å²) in [4.78, 5) is 16.5. The monoisotopic (exact) mass is 302 g/mol. The molecule has 1 amide bonds. The van der Waals surface area contributed by atoms with Gasteiger partial charge in [0.05, 0.1) is 17.1 Å². The van der Waals surface area contributed by atoms with Gasteiger partial charge in [-0.2, -0.15) is 0 Å². The smallest absolute Gasteiger partial charge is 0.237 e. The third-order valence-electron chi connectivity index (χ3n) is 4.32. The second-order valence-electron chi connectivity index (χ2n) is 5.88. The number of aromatic nitrogens is 2. The Morgan fingerprint density at radius 3 is 2.82 bits per heavy atom. The SMILES string of the molecule is CCC(C)C(N)C(=O)NCCCc1nc2ccccc2n1C. The number of benzene rings is 1. The molecule has 1 aromatic carbocycles. The molecule has 5 nitrogen and oxygen atoms in total. The van der Waals surface area contributed by atoms with E-state index < -0.39 is 6.04 Å². The quantitative estimate of drug-likeness (QED) is 0.768. The van der Waals surface area contributed by atoms with Gasteiger partial charge >= 0.3 is 0 Å². The number of nitrogens with two attached hydrogens (primary N) is 1. The van der Waals surface area contributed by atoms with Gasteiger partial charge in [-0.05, 0) is 24.5 Å². The number of carbonyl (C=O) groups excluding carboxylic acids is 1. The Hall–Kier alpha value is -1.88. The minimum absolute atomic E-state index is 0.0562. The molecule has 0 aliphatic rings. The number of imidazole rings is 1. The van der Waals surface area contributed by atoms with Crippen LogP contribution in [0.25, 0.3) is 11.0 Å². The zero-order valence-electron chi connectivity index (χ0n) is 13.7. The van der Waals surface area contributed by atoms with Crippen molar-refractivity contribution in [3.05, 3.63) is 30.1 Å². The van der Waals surface area contributed by atoms with Gasteiger partial charge < -0.3 is 15.6 Å². The molecule has 2 atom stereocenters. The van der Waals surface area contributed by atoms with Crippen LogP contribution >= 0.6 is 0 Å². The number of hydrogen-bond acceptors (Lipinski definition) is 3. The van der Waals surface area contributed by atoms with Crippen LogP contribution < -0.4 is 11.1 Å². The Morgan fingerprint density at radius 2 is 2.14 bits per heavy atom. The molecule has 5 heteroatoms. The third kappa shape index (κ3) is 3.65.